The van der Waals surface area contributed by atoms with Crippen LogP contribution in [0, 0.1) is 13.8 Å². The number of hydrogen-bond donors (Lipinski definition) is 1. The molecule has 0 atom stereocenters. The van der Waals surface area contributed by atoms with Gasteiger partial charge in [-0.1, -0.05) is 23.9 Å². The highest BCUT2D eigenvalue weighted by molar-refractivity contribution is 7.98. The van der Waals surface area contributed by atoms with Gasteiger partial charge in [0.05, 0.1) is 16.7 Å². The van der Waals surface area contributed by atoms with Crippen LogP contribution >= 0.6 is 11.8 Å². The summed E-state index contributed by atoms with van der Waals surface area (Å²) in [6, 6.07) is 10.4. The molecular weight excluding hydrogens is 292 g/mol. The smallest absolute Gasteiger partial charge is 0.166 e. The summed E-state index contributed by atoms with van der Waals surface area (Å²) in [7, 11) is 0. The van der Waals surface area contributed by atoms with E-state index in [1.165, 1.54) is 11.1 Å². The first-order valence-electron chi connectivity index (χ1n) is 7.21. The van der Waals surface area contributed by atoms with Crippen molar-refractivity contribution in [2.75, 3.05) is 0 Å². The van der Waals surface area contributed by atoms with Crippen LogP contribution in [-0.4, -0.2) is 19.4 Å². The Hall–Kier alpha value is -2.27. The molecule has 0 saturated heterocycles. The highest BCUT2D eigenvalue weighted by atomic mass is 32.2. The zero-order valence-corrected chi connectivity index (χ0v) is 13.3. The number of fused-ring (bicyclic) bond motifs is 2. The van der Waals surface area contributed by atoms with Gasteiger partial charge in [0.1, 0.15) is 5.65 Å². The van der Waals surface area contributed by atoms with E-state index in [4.69, 9.17) is 0 Å². The predicted octanol–water partition coefficient (Wildman–Crippen LogP) is 4.12. The lowest BCUT2D eigenvalue weighted by Crippen LogP contribution is -1.82. The van der Waals surface area contributed by atoms with E-state index >= 15 is 0 Å². The van der Waals surface area contributed by atoms with Crippen LogP contribution < -0.4 is 0 Å². The van der Waals surface area contributed by atoms with E-state index in [-0.39, 0.29) is 0 Å². The van der Waals surface area contributed by atoms with Crippen LogP contribution in [0.1, 0.15) is 16.8 Å². The van der Waals surface area contributed by atoms with Gasteiger partial charge in [-0.3, -0.25) is 0 Å². The lowest BCUT2D eigenvalue weighted by molar-refractivity contribution is 1.07. The minimum absolute atomic E-state index is 0.805. The minimum atomic E-state index is 0.805. The third-order valence-electron chi connectivity index (χ3n) is 3.62. The Kier molecular flexibility index (Phi) is 3.15. The molecule has 0 aliphatic heterocycles. The van der Waals surface area contributed by atoms with Crippen molar-refractivity contribution in [3.05, 3.63) is 59.5 Å². The van der Waals surface area contributed by atoms with Gasteiger partial charge in [0.2, 0.25) is 0 Å². The Labute approximate surface area is 132 Å². The second-order valence-electron chi connectivity index (χ2n) is 5.56. The summed E-state index contributed by atoms with van der Waals surface area (Å²) < 4.78 is 2.08. The van der Waals surface area contributed by atoms with E-state index in [1.807, 2.05) is 6.07 Å². The molecule has 3 heterocycles. The molecule has 0 bridgehead atoms. The average molecular weight is 308 g/mol. The van der Waals surface area contributed by atoms with Crippen molar-refractivity contribution in [2.24, 2.45) is 0 Å². The third-order valence-corrected chi connectivity index (χ3v) is 4.53. The standard InChI is InChI=1S/C17H16N4S/c1-11-3-5-14-15(7-11)20-17(19-14)22-10-13-9-21-8-12(2)4-6-16(21)18-13/h3-9H,10H2,1-2H3,(H,19,20). The Bertz CT molecular complexity index is 887. The number of H-pyrrole nitrogens is 1. The summed E-state index contributed by atoms with van der Waals surface area (Å²) in [5.74, 6) is 0.805. The van der Waals surface area contributed by atoms with E-state index < -0.39 is 0 Å². The molecule has 0 aliphatic carbocycles. The lowest BCUT2D eigenvalue weighted by Gasteiger charge is -1.93. The zero-order valence-electron chi connectivity index (χ0n) is 12.5. The highest BCUT2D eigenvalue weighted by Crippen LogP contribution is 2.23. The quantitative estimate of drug-likeness (QED) is 0.579. The molecule has 1 aromatic carbocycles. The average Bonchev–Trinajstić information content (AvgIpc) is 3.07. The molecule has 1 N–H and O–H groups in total. The highest BCUT2D eigenvalue weighted by Gasteiger charge is 2.06. The maximum absolute atomic E-state index is 4.64. The molecule has 3 aromatic heterocycles. The lowest BCUT2D eigenvalue weighted by atomic mass is 10.2. The van der Waals surface area contributed by atoms with Crippen LogP contribution in [-0.2, 0) is 5.75 Å². The fourth-order valence-corrected chi connectivity index (χ4v) is 3.30. The first-order valence-corrected chi connectivity index (χ1v) is 8.19. The Morgan fingerprint density at radius 3 is 2.82 bits per heavy atom. The number of nitrogens with zero attached hydrogens (tertiary/aromatic N) is 3. The molecule has 0 amide bonds. The van der Waals surface area contributed by atoms with E-state index in [0.717, 1.165) is 33.3 Å². The van der Waals surface area contributed by atoms with Crippen molar-refractivity contribution < 1.29 is 0 Å². The third kappa shape index (κ3) is 2.48. The van der Waals surface area contributed by atoms with Crippen LogP contribution in [0.2, 0.25) is 0 Å². The van der Waals surface area contributed by atoms with Crippen molar-refractivity contribution in [3.63, 3.8) is 0 Å². The molecule has 0 saturated carbocycles. The number of thioether (sulfide) groups is 1. The molecule has 22 heavy (non-hydrogen) atoms. The maximum Gasteiger partial charge on any atom is 0.166 e. The molecule has 0 unspecified atom stereocenters. The summed E-state index contributed by atoms with van der Waals surface area (Å²) >= 11 is 1.68. The second kappa shape index (κ2) is 5.18. The largest absolute Gasteiger partial charge is 0.333 e. The number of aromatic amines is 1. The predicted molar refractivity (Wildman–Crippen MR) is 90.3 cm³/mol. The number of rotatable bonds is 3. The van der Waals surface area contributed by atoms with Gasteiger partial charge in [0.25, 0.3) is 0 Å². The normalized spacial score (nSPS) is 11.5. The molecule has 0 aliphatic rings. The molecule has 110 valence electrons. The first-order chi connectivity index (χ1) is 10.7. The topological polar surface area (TPSA) is 46.0 Å². The number of aromatic nitrogens is 4. The molecule has 4 nitrogen and oxygen atoms in total. The van der Waals surface area contributed by atoms with Gasteiger partial charge in [-0.15, -0.1) is 0 Å². The van der Waals surface area contributed by atoms with E-state index in [0.29, 0.717) is 0 Å². The summed E-state index contributed by atoms with van der Waals surface area (Å²) in [5.41, 5.74) is 6.63. The van der Waals surface area contributed by atoms with Crippen LogP contribution in [0.3, 0.4) is 0 Å². The van der Waals surface area contributed by atoms with Crippen molar-refractivity contribution in [1.82, 2.24) is 19.4 Å². The molecule has 4 aromatic rings. The number of benzene rings is 1. The molecule has 4 rings (SSSR count). The van der Waals surface area contributed by atoms with Gasteiger partial charge < -0.3 is 9.38 Å². The van der Waals surface area contributed by atoms with Crippen molar-refractivity contribution in [3.8, 4) is 0 Å². The molecule has 5 heteroatoms. The second-order valence-corrected chi connectivity index (χ2v) is 6.52. The maximum atomic E-state index is 4.64. The van der Waals surface area contributed by atoms with Crippen molar-refractivity contribution >= 4 is 28.4 Å². The van der Waals surface area contributed by atoms with Crippen molar-refractivity contribution in [2.45, 2.75) is 24.8 Å². The number of aryl methyl sites for hydroxylation is 2. The Morgan fingerprint density at radius 1 is 1.05 bits per heavy atom. The van der Waals surface area contributed by atoms with Gasteiger partial charge in [-0.2, -0.15) is 0 Å². The van der Waals surface area contributed by atoms with Gasteiger partial charge in [-0.25, -0.2) is 9.97 Å². The zero-order chi connectivity index (χ0) is 15.1. The molecular formula is C17H16N4S. The van der Waals surface area contributed by atoms with Gasteiger partial charge in [0, 0.05) is 18.1 Å². The Morgan fingerprint density at radius 2 is 1.91 bits per heavy atom. The SMILES string of the molecule is Cc1ccc2nc(SCc3cn4cc(C)ccc4n3)[nH]c2c1. The van der Waals surface area contributed by atoms with Crippen LogP contribution in [0.15, 0.2) is 47.9 Å². The number of hydrogen-bond acceptors (Lipinski definition) is 3. The van der Waals surface area contributed by atoms with Crippen LogP contribution in [0.5, 0.6) is 0 Å². The summed E-state index contributed by atoms with van der Waals surface area (Å²) in [6.45, 7) is 4.18. The van der Waals surface area contributed by atoms with Gasteiger partial charge >= 0.3 is 0 Å². The first kappa shape index (κ1) is 13.4. The fourth-order valence-electron chi connectivity index (χ4n) is 2.54. The summed E-state index contributed by atoms with van der Waals surface area (Å²) in [6.07, 6.45) is 4.18. The molecule has 0 fully saturated rings. The summed E-state index contributed by atoms with van der Waals surface area (Å²) in [5, 5.41) is 0.939. The number of imidazole rings is 2. The fraction of sp³-hybridized carbons (Fsp3) is 0.176. The Balaban J connectivity index is 1.56. The van der Waals surface area contributed by atoms with E-state index in [9.17, 15) is 0 Å². The molecule has 0 radical (unpaired) electrons. The van der Waals surface area contributed by atoms with E-state index in [2.05, 4.69) is 69.9 Å². The monoisotopic (exact) mass is 308 g/mol. The number of pyridine rings is 1. The van der Waals surface area contributed by atoms with Gasteiger partial charge in [-0.05, 0) is 43.2 Å². The minimum Gasteiger partial charge on any atom is -0.333 e. The van der Waals surface area contributed by atoms with Crippen LogP contribution in [0.25, 0.3) is 16.7 Å². The number of nitrogens with one attached hydrogen (secondary N) is 1. The van der Waals surface area contributed by atoms with Gasteiger partial charge in [0.15, 0.2) is 5.16 Å². The van der Waals surface area contributed by atoms with Crippen molar-refractivity contribution in [1.29, 1.82) is 0 Å². The molecule has 0 spiro atoms. The van der Waals surface area contributed by atoms with E-state index in [1.54, 1.807) is 11.8 Å². The van der Waals surface area contributed by atoms with Crippen LogP contribution in [0.4, 0.5) is 0 Å². The summed E-state index contributed by atoms with van der Waals surface area (Å²) in [4.78, 5) is 12.6.